The summed E-state index contributed by atoms with van der Waals surface area (Å²) < 4.78 is 11.2. The zero-order valence-corrected chi connectivity index (χ0v) is 15.8. The molecule has 3 aromatic rings. The second kappa shape index (κ2) is 7.19. The molecule has 0 atom stereocenters. The average molecular weight is 366 g/mol. The van der Waals surface area contributed by atoms with Crippen molar-refractivity contribution >= 4 is 11.0 Å². The van der Waals surface area contributed by atoms with Gasteiger partial charge in [0, 0.05) is 17.2 Å². The highest BCUT2D eigenvalue weighted by Crippen LogP contribution is 2.39. The minimum absolute atomic E-state index is 0.0273. The Morgan fingerprint density at radius 3 is 2.44 bits per heavy atom. The molecule has 27 heavy (non-hydrogen) atoms. The fourth-order valence-electron chi connectivity index (χ4n) is 2.93. The molecule has 140 valence electrons. The molecule has 0 fully saturated rings. The Morgan fingerprint density at radius 2 is 1.85 bits per heavy atom. The molecule has 1 heterocycles. The number of methoxy groups -OCH3 is 1. The van der Waals surface area contributed by atoms with Crippen LogP contribution in [0.3, 0.4) is 0 Å². The van der Waals surface area contributed by atoms with Crippen LogP contribution in [-0.2, 0) is 6.42 Å². The second-order valence-electron chi connectivity index (χ2n) is 6.74. The third kappa shape index (κ3) is 3.40. The first-order chi connectivity index (χ1) is 12.8. The van der Waals surface area contributed by atoms with Crippen LogP contribution in [0.15, 0.2) is 51.2 Å². The highest BCUT2D eigenvalue weighted by Gasteiger charge is 2.22. The summed E-state index contributed by atoms with van der Waals surface area (Å²) in [4.78, 5) is 12.9. The second-order valence-corrected chi connectivity index (χ2v) is 6.74. The van der Waals surface area contributed by atoms with Gasteiger partial charge in [0.15, 0.2) is 5.76 Å². The van der Waals surface area contributed by atoms with Gasteiger partial charge >= 0.3 is 0 Å². The van der Waals surface area contributed by atoms with E-state index in [0.29, 0.717) is 17.5 Å². The van der Waals surface area contributed by atoms with E-state index in [0.717, 1.165) is 11.1 Å². The molecule has 0 saturated heterocycles. The average Bonchev–Trinajstić information content (AvgIpc) is 2.63. The van der Waals surface area contributed by atoms with Crippen molar-refractivity contribution in [3.05, 3.63) is 63.3 Å². The largest absolute Gasteiger partial charge is 0.507 e. The lowest BCUT2D eigenvalue weighted by molar-refractivity contribution is 0.407. The highest BCUT2D eigenvalue weighted by molar-refractivity contribution is 5.91. The van der Waals surface area contributed by atoms with Crippen LogP contribution in [0.4, 0.5) is 0 Å². The van der Waals surface area contributed by atoms with Crippen molar-refractivity contribution in [2.75, 3.05) is 7.11 Å². The summed E-state index contributed by atoms with van der Waals surface area (Å²) in [6.07, 6.45) is 2.31. The number of aryl methyl sites for hydroxylation is 1. The van der Waals surface area contributed by atoms with E-state index >= 15 is 0 Å². The van der Waals surface area contributed by atoms with Gasteiger partial charge in [0.2, 0.25) is 11.2 Å². The van der Waals surface area contributed by atoms with E-state index in [1.165, 1.54) is 13.2 Å². The summed E-state index contributed by atoms with van der Waals surface area (Å²) in [6.45, 7) is 5.84. The first-order valence-electron chi connectivity index (χ1n) is 8.62. The predicted molar refractivity (Wildman–Crippen MR) is 106 cm³/mol. The smallest absolute Gasteiger partial charge is 0.238 e. The number of ether oxygens (including phenoxy) is 1. The molecule has 2 aromatic carbocycles. The predicted octanol–water partition coefficient (Wildman–Crippen LogP) is 4.70. The van der Waals surface area contributed by atoms with Crippen molar-refractivity contribution in [2.45, 2.75) is 27.2 Å². The summed E-state index contributed by atoms with van der Waals surface area (Å²) in [5.74, 6) is -0.286. The van der Waals surface area contributed by atoms with Crippen LogP contribution < -0.4 is 10.2 Å². The number of benzene rings is 2. The first-order valence-corrected chi connectivity index (χ1v) is 8.62. The van der Waals surface area contributed by atoms with Crippen LogP contribution in [0.2, 0.25) is 0 Å². The van der Waals surface area contributed by atoms with E-state index in [1.807, 2.05) is 39.0 Å². The molecule has 5 heteroatoms. The summed E-state index contributed by atoms with van der Waals surface area (Å²) in [6, 6.07) is 8.65. The number of phenolic OH excluding ortho intramolecular Hbond substituents is 1. The molecule has 0 unspecified atom stereocenters. The van der Waals surface area contributed by atoms with Crippen LogP contribution in [0.5, 0.6) is 17.2 Å². The molecule has 3 rings (SSSR count). The molecule has 0 amide bonds. The lowest BCUT2D eigenvalue weighted by atomic mass is 10.0. The van der Waals surface area contributed by atoms with Gasteiger partial charge in [0.05, 0.1) is 7.11 Å². The van der Waals surface area contributed by atoms with Crippen molar-refractivity contribution in [3.63, 3.8) is 0 Å². The quantitative estimate of drug-likeness (QED) is 0.655. The van der Waals surface area contributed by atoms with Gasteiger partial charge in [-0.15, -0.1) is 0 Å². The van der Waals surface area contributed by atoms with Gasteiger partial charge in [-0.2, -0.15) is 0 Å². The van der Waals surface area contributed by atoms with Gasteiger partial charge < -0.3 is 19.4 Å². The molecule has 5 nitrogen and oxygen atoms in total. The maximum atomic E-state index is 12.9. The summed E-state index contributed by atoms with van der Waals surface area (Å²) in [5.41, 5.74) is 2.78. The normalized spacial score (nSPS) is 10.8. The fraction of sp³-hybridized carbons (Fsp3) is 0.227. The zero-order valence-electron chi connectivity index (χ0n) is 15.8. The van der Waals surface area contributed by atoms with Crippen molar-refractivity contribution in [3.8, 4) is 28.6 Å². The maximum absolute atomic E-state index is 12.9. The third-order valence-electron chi connectivity index (χ3n) is 4.43. The Bertz CT molecular complexity index is 1080. The summed E-state index contributed by atoms with van der Waals surface area (Å²) in [5, 5.41) is 21.0. The summed E-state index contributed by atoms with van der Waals surface area (Å²) >= 11 is 0. The highest BCUT2D eigenvalue weighted by atomic mass is 16.5. The number of phenols is 1. The third-order valence-corrected chi connectivity index (χ3v) is 4.43. The monoisotopic (exact) mass is 366 g/mol. The molecule has 0 spiro atoms. The standard InChI is InChI=1S/C22H22O5/c1-12(2)5-10-15-16(23)11-17(26-4)18-19(24)20(25)21(27-22(15)18)14-8-6-13(3)7-9-14/h5-9,11,23,25H,10H2,1-4H3. The molecule has 2 N–H and O–H groups in total. The maximum Gasteiger partial charge on any atom is 0.238 e. The van der Waals surface area contributed by atoms with Crippen LogP contribution >= 0.6 is 0 Å². The molecular formula is C22H22O5. The molecule has 1 aromatic heterocycles. The van der Waals surface area contributed by atoms with Gasteiger partial charge in [-0.05, 0) is 27.2 Å². The SMILES string of the molecule is COc1cc(O)c(CC=C(C)C)c2oc(-c3ccc(C)cc3)c(O)c(=O)c12. The minimum atomic E-state index is -0.595. The summed E-state index contributed by atoms with van der Waals surface area (Å²) in [7, 11) is 1.40. The van der Waals surface area contributed by atoms with E-state index in [4.69, 9.17) is 9.15 Å². The Kier molecular flexibility index (Phi) is 4.95. The Balaban J connectivity index is 2.39. The van der Waals surface area contributed by atoms with Crippen molar-refractivity contribution in [2.24, 2.45) is 0 Å². The number of hydrogen-bond acceptors (Lipinski definition) is 5. The Morgan fingerprint density at radius 1 is 1.19 bits per heavy atom. The van der Waals surface area contributed by atoms with Gasteiger partial charge in [-0.3, -0.25) is 4.79 Å². The van der Waals surface area contributed by atoms with Crippen LogP contribution in [0.25, 0.3) is 22.3 Å². The van der Waals surface area contributed by atoms with Crippen molar-refractivity contribution in [1.82, 2.24) is 0 Å². The lowest BCUT2D eigenvalue weighted by Crippen LogP contribution is -2.06. The Hall–Kier alpha value is -3.21. The van der Waals surface area contributed by atoms with Crippen molar-refractivity contribution < 1.29 is 19.4 Å². The lowest BCUT2D eigenvalue weighted by Gasteiger charge is -2.13. The fourth-order valence-corrected chi connectivity index (χ4v) is 2.93. The van der Waals surface area contributed by atoms with Gasteiger partial charge in [0.25, 0.3) is 0 Å². The molecular weight excluding hydrogens is 344 g/mol. The number of hydrogen-bond donors (Lipinski definition) is 2. The van der Waals surface area contributed by atoms with E-state index in [-0.39, 0.29) is 28.2 Å². The number of rotatable bonds is 4. The van der Waals surface area contributed by atoms with Crippen LogP contribution in [0.1, 0.15) is 25.0 Å². The minimum Gasteiger partial charge on any atom is -0.507 e. The molecule has 0 aliphatic carbocycles. The number of aromatic hydroxyl groups is 2. The Labute approximate surface area is 157 Å². The number of fused-ring (bicyclic) bond motifs is 1. The first kappa shape index (κ1) is 18.6. The van der Waals surface area contributed by atoms with Crippen molar-refractivity contribution in [1.29, 1.82) is 0 Å². The van der Waals surface area contributed by atoms with E-state index in [9.17, 15) is 15.0 Å². The number of allylic oxidation sites excluding steroid dienone is 2. The van der Waals surface area contributed by atoms with Crippen LogP contribution in [0, 0.1) is 6.92 Å². The van der Waals surface area contributed by atoms with Crippen LogP contribution in [-0.4, -0.2) is 17.3 Å². The van der Waals surface area contributed by atoms with Gasteiger partial charge in [-0.1, -0.05) is 41.5 Å². The topological polar surface area (TPSA) is 79.9 Å². The van der Waals surface area contributed by atoms with Gasteiger partial charge in [-0.25, -0.2) is 0 Å². The van der Waals surface area contributed by atoms with Gasteiger partial charge in [0.1, 0.15) is 22.5 Å². The molecule has 0 aliphatic rings. The van der Waals surface area contributed by atoms with E-state index in [2.05, 4.69) is 0 Å². The van der Waals surface area contributed by atoms with E-state index < -0.39 is 11.2 Å². The molecule has 0 radical (unpaired) electrons. The zero-order chi connectivity index (χ0) is 19.7. The molecule has 0 aliphatic heterocycles. The molecule has 0 bridgehead atoms. The molecule has 0 saturated carbocycles. The van der Waals surface area contributed by atoms with E-state index in [1.54, 1.807) is 12.1 Å².